The van der Waals surface area contributed by atoms with Gasteiger partial charge >= 0.3 is 0 Å². The summed E-state index contributed by atoms with van der Waals surface area (Å²) in [6.45, 7) is 1.30. The van der Waals surface area contributed by atoms with Crippen LogP contribution in [0.4, 0.5) is 0 Å². The Hall–Kier alpha value is 0.0300. The lowest BCUT2D eigenvalue weighted by molar-refractivity contribution is -0.131. The summed E-state index contributed by atoms with van der Waals surface area (Å²) < 4.78 is 5.54. The molecule has 2 rings (SSSR count). The maximum Gasteiger partial charge on any atom is 0.249 e. The maximum absolute atomic E-state index is 11.8. The highest BCUT2D eigenvalue weighted by Gasteiger charge is 2.30. The second kappa shape index (κ2) is 7.46. The molecule has 2 saturated heterocycles. The van der Waals surface area contributed by atoms with Crippen LogP contribution in [0.25, 0.3) is 0 Å². The maximum atomic E-state index is 11.8. The van der Waals surface area contributed by atoms with E-state index in [1.54, 1.807) is 0 Å². The van der Waals surface area contributed by atoms with Gasteiger partial charge in [-0.25, -0.2) is 0 Å². The first-order valence-electron chi connectivity index (χ1n) is 6.04. The first-order chi connectivity index (χ1) is 7.79. The minimum Gasteiger partial charge on any atom is -0.364 e. The van der Waals surface area contributed by atoms with Gasteiger partial charge < -0.3 is 15.8 Å². The summed E-state index contributed by atoms with van der Waals surface area (Å²) in [4.78, 5) is 11.8. The molecule has 100 valence electrons. The lowest BCUT2D eigenvalue weighted by Crippen LogP contribution is -2.38. The normalized spacial score (nSPS) is 32.2. The summed E-state index contributed by atoms with van der Waals surface area (Å²) in [6, 6.07) is 0. The SMILES string of the molecule is Cl.NC[C@H]1CC[C@@H](C(=O)NCC2CCCS2)O1. The lowest BCUT2D eigenvalue weighted by atomic mass is 10.2. The van der Waals surface area contributed by atoms with E-state index in [2.05, 4.69) is 5.32 Å². The van der Waals surface area contributed by atoms with Gasteiger partial charge in [-0.2, -0.15) is 11.8 Å². The molecule has 2 fully saturated rings. The molecule has 3 N–H and O–H groups in total. The van der Waals surface area contributed by atoms with Gasteiger partial charge in [-0.3, -0.25) is 4.79 Å². The number of hydrogen-bond donors (Lipinski definition) is 2. The molecular formula is C11H21ClN2O2S. The Morgan fingerprint density at radius 3 is 2.82 bits per heavy atom. The van der Waals surface area contributed by atoms with Gasteiger partial charge in [-0.15, -0.1) is 12.4 Å². The van der Waals surface area contributed by atoms with Crippen molar-refractivity contribution in [1.82, 2.24) is 5.32 Å². The standard InChI is InChI=1S/C11H20N2O2S.ClH/c12-6-8-3-4-10(15-8)11(14)13-7-9-2-1-5-16-9;/h8-10H,1-7,12H2,(H,13,14);1H/t8-,9?,10+;/m1./s1. The van der Waals surface area contributed by atoms with E-state index in [1.165, 1.54) is 18.6 Å². The molecule has 0 aromatic rings. The van der Waals surface area contributed by atoms with E-state index in [0.717, 1.165) is 19.4 Å². The zero-order chi connectivity index (χ0) is 11.4. The van der Waals surface area contributed by atoms with Gasteiger partial charge in [0.05, 0.1) is 6.10 Å². The van der Waals surface area contributed by atoms with Crippen LogP contribution in [0.5, 0.6) is 0 Å². The van der Waals surface area contributed by atoms with Crippen molar-refractivity contribution in [2.45, 2.75) is 43.1 Å². The fourth-order valence-corrected chi connectivity index (χ4v) is 3.41. The number of thioether (sulfide) groups is 1. The van der Waals surface area contributed by atoms with Gasteiger partial charge in [0, 0.05) is 18.3 Å². The molecule has 2 aliphatic heterocycles. The molecule has 0 saturated carbocycles. The van der Waals surface area contributed by atoms with Crippen LogP contribution in [0.1, 0.15) is 25.7 Å². The van der Waals surface area contributed by atoms with Gasteiger partial charge in [-0.05, 0) is 31.4 Å². The molecule has 1 amide bonds. The van der Waals surface area contributed by atoms with Crippen LogP contribution in [0.3, 0.4) is 0 Å². The summed E-state index contributed by atoms with van der Waals surface area (Å²) >= 11 is 1.96. The predicted octanol–water partition coefficient (Wildman–Crippen LogP) is 0.926. The number of ether oxygens (including phenoxy) is 1. The van der Waals surface area contributed by atoms with Crippen molar-refractivity contribution >= 4 is 30.1 Å². The second-order valence-electron chi connectivity index (χ2n) is 4.44. The summed E-state index contributed by atoms with van der Waals surface area (Å²) in [5.41, 5.74) is 5.51. The Kier molecular flexibility index (Phi) is 6.62. The number of nitrogens with two attached hydrogens (primary N) is 1. The molecule has 0 bridgehead atoms. The number of nitrogens with one attached hydrogen (secondary N) is 1. The van der Waals surface area contributed by atoms with Crippen molar-refractivity contribution in [3.63, 3.8) is 0 Å². The van der Waals surface area contributed by atoms with E-state index >= 15 is 0 Å². The zero-order valence-corrected chi connectivity index (χ0v) is 11.5. The molecule has 3 atom stereocenters. The fraction of sp³-hybridized carbons (Fsp3) is 0.909. The quantitative estimate of drug-likeness (QED) is 0.804. The topological polar surface area (TPSA) is 64.4 Å². The molecule has 1 unspecified atom stereocenters. The van der Waals surface area contributed by atoms with E-state index < -0.39 is 0 Å². The van der Waals surface area contributed by atoms with Gasteiger partial charge in [-0.1, -0.05) is 0 Å². The predicted molar refractivity (Wildman–Crippen MR) is 72.7 cm³/mol. The average molecular weight is 281 g/mol. The van der Waals surface area contributed by atoms with Crippen molar-refractivity contribution in [1.29, 1.82) is 0 Å². The Morgan fingerprint density at radius 1 is 1.41 bits per heavy atom. The number of carbonyl (C=O) groups excluding carboxylic acids is 1. The fourth-order valence-electron chi connectivity index (χ4n) is 2.21. The third-order valence-corrected chi connectivity index (χ3v) is 4.59. The van der Waals surface area contributed by atoms with Gasteiger partial charge in [0.1, 0.15) is 6.10 Å². The van der Waals surface area contributed by atoms with Crippen molar-refractivity contribution in [3.05, 3.63) is 0 Å². The third kappa shape index (κ3) is 4.32. The molecule has 0 aliphatic carbocycles. The molecule has 0 aromatic heterocycles. The van der Waals surface area contributed by atoms with Crippen LogP contribution in [-0.2, 0) is 9.53 Å². The Balaban J connectivity index is 0.00000144. The number of carbonyl (C=O) groups is 1. The van der Waals surface area contributed by atoms with Crippen molar-refractivity contribution in [2.75, 3.05) is 18.8 Å². The van der Waals surface area contributed by atoms with Crippen LogP contribution >= 0.6 is 24.2 Å². The summed E-state index contributed by atoms with van der Waals surface area (Å²) in [7, 11) is 0. The smallest absolute Gasteiger partial charge is 0.249 e. The van der Waals surface area contributed by atoms with E-state index in [4.69, 9.17) is 10.5 Å². The largest absolute Gasteiger partial charge is 0.364 e. The van der Waals surface area contributed by atoms with Gasteiger partial charge in [0.2, 0.25) is 5.91 Å². The molecule has 0 radical (unpaired) electrons. The first-order valence-corrected chi connectivity index (χ1v) is 7.09. The third-order valence-electron chi connectivity index (χ3n) is 3.19. The molecular weight excluding hydrogens is 260 g/mol. The first kappa shape index (κ1) is 15.1. The van der Waals surface area contributed by atoms with Crippen LogP contribution in [0, 0.1) is 0 Å². The molecule has 6 heteroatoms. The Morgan fingerprint density at radius 2 is 2.24 bits per heavy atom. The highest BCUT2D eigenvalue weighted by Crippen LogP contribution is 2.25. The summed E-state index contributed by atoms with van der Waals surface area (Å²) in [6.07, 6.45) is 4.04. The number of rotatable bonds is 4. The van der Waals surface area contributed by atoms with Crippen LogP contribution in [0.15, 0.2) is 0 Å². The highest BCUT2D eigenvalue weighted by molar-refractivity contribution is 8.00. The monoisotopic (exact) mass is 280 g/mol. The summed E-state index contributed by atoms with van der Waals surface area (Å²) in [5, 5.41) is 3.59. The Bertz CT molecular complexity index is 250. The molecule has 2 heterocycles. The van der Waals surface area contributed by atoms with Crippen molar-refractivity contribution in [3.8, 4) is 0 Å². The van der Waals surface area contributed by atoms with Crippen LogP contribution in [-0.4, -0.2) is 42.2 Å². The molecule has 4 nitrogen and oxygen atoms in total. The number of amides is 1. The summed E-state index contributed by atoms with van der Waals surface area (Å²) in [5.74, 6) is 1.28. The molecule has 17 heavy (non-hydrogen) atoms. The van der Waals surface area contributed by atoms with E-state index in [0.29, 0.717) is 11.8 Å². The number of halogens is 1. The molecule has 0 aromatic carbocycles. The van der Waals surface area contributed by atoms with Crippen molar-refractivity contribution < 1.29 is 9.53 Å². The highest BCUT2D eigenvalue weighted by atomic mass is 35.5. The lowest BCUT2D eigenvalue weighted by Gasteiger charge is -2.14. The van der Waals surface area contributed by atoms with Crippen LogP contribution < -0.4 is 11.1 Å². The zero-order valence-electron chi connectivity index (χ0n) is 9.89. The van der Waals surface area contributed by atoms with Crippen molar-refractivity contribution in [2.24, 2.45) is 5.73 Å². The number of hydrogen-bond acceptors (Lipinski definition) is 4. The van der Waals surface area contributed by atoms with E-state index in [9.17, 15) is 4.79 Å². The minimum atomic E-state index is -0.264. The molecule has 0 spiro atoms. The average Bonchev–Trinajstić information content (AvgIpc) is 2.96. The Labute approximate surface area is 113 Å². The van der Waals surface area contributed by atoms with E-state index in [1.807, 2.05) is 11.8 Å². The van der Waals surface area contributed by atoms with Crippen LogP contribution in [0.2, 0.25) is 0 Å². The van der Waals surface area contributed by atoms with Gasteiger partial charge in [0.15, 0.2) is 0 Å². The van der Waals surface area contributed by atoms with Gasteiger partial charge in [0.25, 0.3) is 0 Å². The molecule has 2 aliphatic rings. The second-order valence-corrected chi connectivity index (χ2v) is 5.85. The van der Waals surface area contributed by atoms with E-state index in [-0.39, 0.29) is 30.5 Å². The minimum absolute atomic E-state index is 0.